The van der Waals surface area contributed by atoms with Gasteiger partial charge in [-0.05, 0) is 36.8 Å². The number of aryl methyl sites for hydroxylation is 1. The van der Waals surface area contributed by atoms with Gasteiger partial charge in [-0.15, -0.1) is 0 Å². The Bertz CT molecular complexity index is 656. The molecule has 1 amide bonds. The summed E-state index contributed by atoms with van der Waals surface area (Å²) in [6.07, 6.45) is 0. The molecular weight excluding hydrogens is 259 g/mol. The standard InChI is InChI=1S/C15H15FN2O2/c1-9-3-5-11(12(16)7-9)15(19)18-14-8-10(20-2)4-6-13(14)17/h3-8H,17H2,1-2H3,(H,18,19). The van der Waals surface area contributed by atoms with Gasteiger partial charge in [-0.25, -0.2) is 4.39 Å². The zero-order chi connectivity index (χ0) is 14.7. The molecule has 0 fully saturated rings. The highest BCUT2D eigenvalue weighted by molar-refractivity contribution is 6.06. The maximum absolute atomic E-state index is 13.7. The lowest BCUT2D eigenvalue weighted by atomic mass is 10.1. The van der Waals surface area contributed by atoms with Crippen molar-refractivity contribution in [1.29, 1.82) is 0 Å². The van der Waals surface area contributed by atoms with Crippen molar-refractivity contribution in [1.82, 2.24) is 0 Å². The number of hydrogen-bond donors (Lipinski definition) is 2. The Morgan fingerprint density at radius 1 is 1.25 bits per heavy atom. The minimum absolute atomic E-state index is 0.0298. The smallest absolute Gasteiger partial charge is 0.258 e. The van der Waals surface area contributed by atoms with Gasteiger partial charge in [0.2, 0.25) is 0 Å². The van der Waals surface area contributed by atoms with Crippen LogP contribution in [0.25, 0.3) is 0 Å². The van der Waals surface area contributed by atoms with E-state index in [1.54, 1.807) is 31.2 Å². The molecule has 3 N–H and O–H groups in total. The van der Waals surface area contributed by atoms with Crippen LogP contribution in [0.15, 0.2) is 36.4 Å². The second-order valence-electron chi connectivity index (χ2n) is 4.39. The molecule has 0 atom stereocenters. The lowest BCUT2D eigenvalue weighted by Crippen LogP contribution is -2.15. The summed E-state index contributed by atoms with van der Waals surface area (Å²) >= 11 is 0. The van der Waals surface area contributed by atoms with E-state index in [9.17, 15) is 9.18 Å². The Hall–Kier alpha value is -2.56. The van der Waals surface area contributed by atoms with Crippen LogP contribution in [-0.2, 0) is 0 Å². The fraction of sp³-hybridized carbons (Fsp3) is 0.133. The second kappa shape index (κ2) is 5.61. The average Bonchev–Trinajstić information content (AvgIpc) is 2.41. The van der Waals surface area contributed by atoms with E-state index >= 15 is 0 Å². The summed E-state index contributed by atoms with van der Waals surface area (Å²) in [6, 6.07) is 9.30. The van der Waals surface area contributed by atoms with E-state index in [0.717, 1.165) is 5.56 Å². The average molecular weight is 274 g/mol. The summed E-state index contributed by atoms with van der Waals surface area (Å²) in [5.74, 6) is -0.565. The monoisotopic (exact) mass is 274 g/mol. The zero-order valence-electron chi connectivity index (χ0n) is 11.2. The Labute approximate surface area is 116 Å². The first-order chi connectivity index (χ1) is 9.51. The van der Waals surface area contributed by atoms with Crippen LogP contribution in [0, 0.1) is 12.7 Å². The van der Waals surface area contributed by atoms with Crippen LogP contribution in [0.2, 0.25) is 0 Å². The number of ether oxygens (including phenoxy) is 1. The molecular formula is C15H15FN2O2. The van der Waals surface area contributed by atoms with Crippen LogP contribution in [0.3, 0.4) is 0 Å². The number of rotatable bonds is 3. The van der Waals surface area contributed by atoms with Crippen LogP contribution in [0.4, 0.5) is 15.8 Å². The summed E-state index contributed by atoms with van der Waals surface area (Å²) in [4.78, 5) is 12.1. The SMILES string of the molecule is COc1ccc(N)c(NC(=O)c2ccc(C)cc2F)c1. The lowest BCUT2D eigenvalue weighted by Gasteiger charge is -2.10. The molecule has 2 aromatic carbocycles. The third kappa shape index (κ3) is 2.88. The van der Waals surface area contributed by atoms with E-state index < -0.39 is 11.7 Å². The van der Waals surface area contributed by atoms with Crippen LogP contribution in [-0.4, -0.2) is 13.0 Å². The Kier molecular flexibility index (Phi) is 3.89. The minimum atomic E-state index is -0.566. The number of halogens is 1. The molecule has 0 saturated heterocycles. The third-order valence-electron chi connectivity index (χ3n) is 2.88. The van der Waals surface area contributed by atoms with Gasteiger partial charge in [0.15, 0.2) is 0 Å². The zero-order valence-corrected chi connectivity index (χ0v) is 11.2. The molecule has 0 heterocycles. The van der Waals surface area contributed by atoms with E-state index in [1.807, 2.05) is 0 Å². The maximum Gasteiger partial charge on any atom is 0.258 e. The van der Waals surface area contributed by atoms with Crippen LogP contribution >= 0.6 is 0 Å². The number of anilines is 2. The first-order valence-electron chi connectivity index (χ1n) is 6.02. The minimum Gasteiger partial charge on any atom is -0.497 e. The highest BCUT2D eigenvalue weighted by Gasteiger charge is 2.13. The summed E-state index contributed by atoms with van der Waals surface area (Å²) in [5, 5.41) is 2.58. The molecule has 2 aromatic rings. The van der Waals surface area contributed by atoms with Gasteiger partial charge in [0.05, 0.1) is 24.0 Å². The molecule has 2 rings (SSSR count). The van der Waals surface area contributed by atoms with Crippen molar-refractivity contribution in [2.45, 2.75) is 6.92 Å². The number of nitrogen functional groups attached to an aromatic ring is 1. The number of nitrogens with two attached hydrogens (primary N) is 1. The first-order valence-corrected chi connectivity index (χ1v) is 6.02. The van der Waals surface area contributed by atoms with Crippen LogP contribution < -0.4 is 15.8 Å². The molecule has 104 valence electrons. The highest BCUT2D eigenvalue weighted by Crippen LogP contribution is 2.25. The number of amides is 1. The molecule has 0 aliphatic carbocycles. The lowest BCUT2D eigenvalue weighted by molar-refractivity contribution is 0.102. The van der Waals surface area contributed by atoms with Crippen molar-refractivity contribution < 1.29 is 13.9 Å². The fourth-order valence-corrected chi connectivity index (χ4v) is 1.76. The molecule has 0 aromatic heterocycles. The van der Waals surface area contributed by atoms with Gasteiger partial charge in [-0.2, -0.15) is 0 Å². The van der Waals surface area contributed by atoms with Crippen molar-refractivity contribution in [3.05, 3.63) is 53.3 Å². The molecule has 20 heavy (non-hydrogen) atoms. The van der Waals surface area contributed by atoms with Gasteiger partial charge < -0.3 is 15.8 Å². The number of benzene rings is 2. The molecule has 5 heteroatoms. The van der Waals surface area contributed by atoms with E-state index in [0.29, 0.717) is 17.1 Å². The second-order valence-corrected chi connectivity index (χ2v) is 4.39. The summed E-state index contributed by atoms with van der Waals surface area (Å²) in [6.45, 7) is 1.75. The van der Waals surface area contributed by atoms with Crippen molar-refractivity contribution in [2.75, 3.05) is 18.2 Å². The number of hydrogen-bond acceptors (Lipinski definition) is 3. The summed E-state index contributed by atoms with van der Waals surface area (Å²) < 4.78 is 18.8. The van der Waals surface area contributed by atoms with Gasteiger partial charge in [0.25, 0.3) is 5.91 Å². The largest absolute Gasteiger partial charge is 0.497 e. The first kappa shape index (κ1) is 13.9. The fourth-order valence-electron chi connectivity index (χ4n) is 1.76. The topological polar surface area (TPSA) is 64.3 Å². The molecule has 0 radical (unpaired) electrons. The van der Waals surface area contributed by atoms with Crippen LogP contribution in [0.1, 0.15) is 15.9 Å². The van der Waals surface area contributed by atoms with E-state index in [4.69, 9.17) is 10.5 Å². The molecule has 0 saturated carbocycles. The normalized spacial score (nSPS) is 10.2. The van der Waals surface area contributed by atoms with Crippen molar-refractivity contribution >= 4 is 17.3 Å². The maximum atomic E-state index is 13.7. The van der Waals surface area contributed by atoms with Crippen molar-refractivity contribution in [3.8, 4) is 5.75 Å². The third-order valence-corrected chi connectivity index (χ3v) is 2.88. The number of carbonyl (C=O) groups is 1. The van der Waals surface area contributed by atoms with Gasteiger partial charge in [0, 0.05) is 6.07 Å². The van der Waals surface area contributed by atoms with E-state index in [1.165, 1.54) is 19.2 Å². The molecule has 4 nitrogen and oxygen atoms in total. The van der Waals surface area contributed by atoms with Gasteiger partial charge >= 0.3 is 0 Å². The summed E-state index contributed by atoms with van der Waals surface area (Å²) in [7, 11) is 1.51. The Morgan fingerprint density at radius 2 is 2.00 bits per heavy atom. The van der Waals surface area contributed by atoms with E-state index in [2.05, 4.69) is 5.32 Å². The van der Waals surface area contributed by atoms with Gasteiger partial charge in [-0.1, -0.05) is 6.07 Å². The van der Waals surface area contributed by atoms with Crippen molar-refractivity contribution in [3.63, 3.8) is 0 Å². The van der Waals surface area contributed by atoms with Gasteiger partial charge in [-0.3, -0.25) is 4.79 Å². The molecule has 0 unspecified atom stereocenters. The summed E-state index contributed by atoms with van der Waals surface area (Å²) in [5.41, 5.74) is 7.25. The predicted molar refractivity (Wildman–Crippen MR) is 76.5 cm³/mol. The van der Waals surface area contributed by atoms with Gasteiger partial charge in [0.1, 0.15) is 11.6 Å². The van der Waals surface area contributed by atoms with E-state index in [-0.39, 0.29) is 5.56 Å². The highest BCUT2D eigenvalue weighted by atomic mass is 19.1. The molecule has 0 aliphatic rings. The van der Waals surface area contributed by atoms with Crippen molar-refractivity contribution in [2.24, 2.45) is 0 Å². The Morgan fingerprint density at radius 3 is 2.65 bits per heavy atom. The molecule has 0 aliphatic heterocycles. The predicted octanol–water partition coefficient (Wildman–Crippen LogP) is 2.98. The quantitative estimate of drug-likeness (QED) is 0.846. The Balaban J connectivity index is 2.27. The molecule has 0 spiro atoms. The van der Waals surface area contributed by atoms with Crippen LogP contribution in [0.5, 0.6) is 5.75 Å². The number of methoxy groups -OCH3 is 1. The number of nitrogens with one attached hydrogen (secondary N) is 1. The number of carbonyl (C=O) groups excluding carboxylic acids is 1. The molecule has 0 bridgehead atoms.